The molecule has 0 unspecified atom stereocenters. The number of hydrogen-bond acceptors (Lipinski definition) is 3. The number of rotatable bonds is 2. The van der Waals surface area contributed by atoms with Crippen LogP contribution in [0.5, 0.6) is 0 Å². The van der Waals surface area contributed by atoms with Gasteiger partial charge in [0.15, 0.2) is 0 Å². The van der Waals surface area contributed by atoms with Crippen LogP contribution in [-0.2, 0) is 4.74 Å². The molecule has 3 nitrogen and oxygen atoms in total. The smallest absolute Gasteiger partial charge is 0.338 e. The molecule has 1 aromatic rings. The maximum atomic E-state index is 11.7. The standard InChI is InChI=1S/C13H14O3/c1-9-7-11(8-12(9)14)16-13(15)10-5-3-2-4-6-10/h2-6,11-12,14H,1,7-8H2/t11-,12-/m1/s1. The highest BCUT2D eigenvalue weighted by atomic mass is 16.5. The van der Waals surface area contributed by atoms with E-state index in [1.54, 1.807) is 24.3 Å². The van der Waals surface area contributed by atoms with Crippen LogP contribution in [0.25, 0.3) is 0 Å². The maximum Gasteiger partial charge on any atom is 0.338 e. The average molecular weight is 218 g/mol. The van der Waals surface area contributed by atoms with Crippen LogP contribution in [0.1, 0.15) is 23.2 Å². The summed E-state index contributed by atoms with van der Waals surface area (Å²) in [6, 6.07) is 8.85. The first-order chi connectivity index (χ1) is 7.66. The van der Waals surface area contributed by atoms with Gasteiger partial charge in [-0.2, -0.15) is 0 Å². The first-order valence-electron chi connectivity index (χ1n) is 5.28. The number of hydrogen-bond donors (Lipinski definition) is 1. The molecule has 0 radical (unpaired) electrons. The third kappa shape index (κ3) is 2.31. The van der Waals surface area contributed by atoms with Gasteiger partial charge in [-0.3, -0.25) is 0 Å². The van der Waals surface area contributed by atoms with Crippen molar-refractivity contribution >= 4 is 5.97 Å². The van der Waals surface area contributed by atoms with Crippen LogP contribution in [0.15, 0.2) is 42.5 Å². The molecule has 2 rings (SSSR count). The van der Waals surface area contributed by atoms with E-state index in [1.807, 2.05) is 6.07 Å². The number of benzene rings is 1. The number of aliphatic hydroxyl groups excluding tert-OH is 1. The molecule has 3 heteroatoms. The molecule has 0 heterocycles. The Hall–Kier alpha value is -1.61. The average Bonchev–Trinajstić information content (AvgIpc) is 2.59. The molecule has 2 atom stereocenters. The predicted octanol–water partition coefficient (Wildman–Crippen LogP) is 1.92. The summed E-state index contributed by atoms with van der Waals surface area (Å²) in [5.74, 6) is -0.340. The normalized spacial score (nSPS) is 24.4. The quantitative estimate of drug-likeness (QED) is 0.609. The Morgan fingerprint density at radius 1 is 1.38 bits per heavy atom. The fraction of sp³-hybridized carbons (Fsp3) is 0.308. The van der Waals surface area contributed by atoms with E-state index in [1.165, 1.54) is 0 Å². The minimum atomic E-state index is -0.534. The van der Waals surface area contributed by atoms with Gasteiger partial charge in [0.1, 0.15) is 6.10 Å². The second-order valence-electron chi connectivity index (χ2n) is 4.01. The molecule has 16 heavy (non-hydrogen) atoms. The number of ether oxygens (including phenoxy) is 1. The van der Waals surface area contributed by atoms with E-state index in [9.17, 15) is 9.90 Å². The van der Waals surface area contributed by atoms with Crippen LogP contribution in [0, 0.1) is 0 Å². The molecular formula is C13H14O3. The van der Waals surface area contributed by atoms with Gasteiger partial charge in [-0.05, 0) is 17.7 Å². The zero-order chi connectivity index (χ0) is 11.5. The van der Waals surface area contributed by atoms with Gasteiger partial charge in [-0.25, -0.2) is 4.79 Å². The Labute approximate surface area is 94.4 Å². The molecule has 1 aromatic carbocycles. The maximum absolute atomic E-state index is 11.7. The molecule has 1 aliphatic carbocycles. The minimum Gasteiger partial charge on any atom is -0.458 e. The lowest BCUT2D eigenvalue weighted by Gasteiger charge is -2.10. The highest BCUT2D eigenvalue weighted by Crippen LogP contribution is 2.26. The van der Waals surface area contributed by atoms with Crippen molar-refractivity contribution in [3.05, 3.63) is 48.0 Å². The molecule has 1 aliphatic rings. The number of esters is 1. The van der Waals surface area contributed by atoms with E-state index >= 15 is 0 Å². The van der Waals surface area contributed by atoms with Gasteiger partial charge in [-0.1, -0.05) is 24.8 Å². The topological polar surface area (TPSA) is 46.5 Å². The van der Waals surface area contributed by atoms with Crippen LogP contribution in [0.3, 0.4) is 0 Å². The predicted molar refractivity (Wildman–Crippen MR) is 60.0 cm³/mol. The van der Waals surface area contributed by atoms with Crippen molar-refractivity contribution in [1.82, 2.24) is 0 Å². The van der Waals surface area contributed by atoms with E-state index in [0.717, 1.165) is 5.57 Å². The second kappa shape index (κ2) is 4.49. The van der Waals surface area contributed by atoms with Crippen LogP contribution in [0.2, 0.25) is 0 Å². The molecule has 1 N–H and O–H groups in total. The zero-order valence-electron chi connectivity index (χ0n) is 8.93. The zero-order valence-corrected chi connectivity index (χ0v) is 8.93. The molecule has 0 aliphatic heterocycles. The van der Waals surface area contributed by atoms with Gasteiger partial charge in [0.2, 0.25) is 0 Å². The summed E-state index contributed by atoms with van der Waals surface area (Å²) in [5, 5.41) is 9.46. The van der Waals surface area contributed by atoms with Crippen LogP contribution >= 0.6 is 0 Å². The SMILES string of the molecule is C=C1C[C@@H](OC(=O)c2ccccc2)C[C@H]1O. The van der Waals surface area contributed by atoms with E-state index in [2.05, 4.69) is 6.58 Å². The summed E-state index contributed by atoms with van der Waals surface area (Å²) in [5.41, 5.74) is 1.28. The lowest BCUT2D eigenvalue weighted by molar-refractivity contribution is 0.0287. The number of aliphatic hydroxyl groups is 1. The van der Waals surface area contributed by atoms with E-state index < -0.39 is 6.10 Å². The molecule has 0 spiro atoms. The Morgan fingerprint density at radius 3 is 2.62 bits per heavy atom. The second-order valence-corrected chi connectivity index (χ2v) is 4.01. The lowest BCUT2D eigenvalue weighted by atomic mass is 10.2. The van der Waals surface area contributed by atoms with Crippen LogP contribution < -0.4 is 0 Å². The lowest BCUT2D eigenvalue weighted by Crippen LogP contribution is -2.16. The van der Waals surface area contributed by atoms with Crippen molar-refractivity contribution in [1.29, 1.82) is 0 Å². The van der Waals surface area contributed by atoms with Crippen molar-refractivity contribution in [2.24, 2.45) is 0 Å². The highest BCUT2D eigenvalue weighted by molar-refractivity contribution is 5.89. The van der Waals surface area contributed by atoms with E-state index in [-0.39, 0.29) is 12.1 Å². The Morgan fingerprint density at radius 2 is 2.06 bits per heavy atom. The Kier molecular flexibility index (Phi) is 3.06. The van der Waals surface area contributed by atoms with Gasteiger partial charge < -0.3 is 9.84 Å². The van der Waals surface area contributed by atoms with E-state index in [0.29, 0.717) is 18.4 Å². The van der Waals surface area contributed by atoms with Crippen LogP contribution in [0.4, 0.5) is 0 Å². The largest absolute Gasteiger partial charge is 0.458 e. The third-order valence-corrected chi connectivity index (χ3v) is 2.73. The molecule has 84 valence electrons. The van der Waals surface area contributed by atoms with Crippen molar-refractivity contribution in [2.45, 2.75) is 25.0 Å². The summed E-state index contributed by atoms with van der Waals surface area (Å²) in [4.78, 5) is 11.7. The number of carbonyl (C=O) groups is 1. The summed E-state index contributed by atoms with van der Waals surface area (Å²) in [6.45, 7) is 3.72. The fourth-order valence-electron chi connectivity index (χ4n) is 1.81. The van der Waals surface area contributed by atoms with Gasteiger partial charge in [-0.15, -0.1) is 0 Å². The van der Waals surface area contributed by atoms with Crippen molar-refractivity contribution in [3.8, 4) is 0 Å². The summed E-state index contributed by atoms with van der Waals surface area (Å²) in [7, 11) is 0. The molecule has 0 aromatic heterocycles. The Bertz CT molecular complexity index is 397. The van der Waals surface area contributed by atoms with Gasteiger partial charge >= 0.3 is 5.97 Å². The van der Waals surface area contributed by atoms with Gasteiger partial charge in [0.25, 0.3) is 0 Å². The van der Waals surface area contributed by atoms with Crippen LogP contribution in [-0.4, -0.2) is 23.3 Å². The van der Waals surface area contributed by atoms with Crippen molar-refractivity contribution in [2.75, 3.05) is 0 Å². The molecule has 0 saturated heterocycles. The first-order valence-corrected chi connectivity index (χ1v) is 5.28. The minimum absolute atomic E-state index is 0.241. The number of carbonyl (C=O) groups excluding carboxylic acids is 1. The molecule has 0 amide bonds. The summed E-state index contributed by atoms with van der Waals surface area (Å²) >= 11 is 0. The molecule has 0 bridgehead atoms. The molecule has 1 fully saturated rings. The highest BCUT2D eigenvalue weighted by Gasteiger charge is 2.29. The Balaban J connectivity index is 1.97. The van der Waals surface area contributed by atoms with Gasteiger partial charge in [0, 0.05) is 12.8 Å². The first kappa shape index (κ1) is 10.9. The molecule has 1 saturated carbocycles. The monoisotopic (exact) mass is 218 g/mol. The van der Waals surface area contributed by atoms with Gasteiger partial charge in [0.05, 0.1) is 11.7 Å². The third-order valence-electron chi connectivity index (χ3n) is 2.73. The summed E-state index contributed by atoms with van der Waals surface area (Å²) < 4.78 is 5.28. The fourth-order valence-corrected chi connectivity index (χ4v) is 1.81. The van der Waals surface area contributed by atoms with E-state index in [4.69, 9.17) is 4.74 Å². The molecular weight excluding hydrogens is 204 g/mol. The summed E-state index contributed by atoms with van der Waals surface area (Å²) in [6.07, 6.45) is 0.237. The van der Waals surface area contributed by atoms with Crippen molar-refractivity contribution in [3.63, 3.8) is 0 Å². The van der Waals surface area contributed by atoms with Crippen molar-refractivity contribution < 1.29 is 14.6 Å².